The van der Waals surface area contributed by atoms with Crippen LogP contribution in [0.25, 0.3) is 10.9 Å². The van der Waals surface area contributed by atoms with E-state index in [0.717, 1.165) is 46.2 Å². The molecule has 1 fully saturated rings. The van der Waals surface area contributed by atoms with Crippen molar-refractivity contribution >= 4 is 28.7 Å². The normalized spacial score (nSPS) is 20.3. The van der Waals surface area contributed by atoms with Gasteiger partial charge in [0.15, 0.2) is 0 Å². The van der Waals surface area contributed by atoms with E-state index in [2.05, 4.69) is 22.4 Å². The summed E-state index contributed by atoms with van der Waals surface area (Å²) in [5.74, 6) is -0.589. The number of carbonyl (C=O) groups is 3. The van der Waals surface area contributed by atoms with E-state index >= 15 is 0 Å². The average Bonchev–Trinajstić information content (AvgIpc) is 3.34. The molecule has 164 valence electrons. The molecule has 1 aromatic heterocycles. The van der Waals surface area contributed by atoms with E-state index in [1.165, 1.54) is 5.56 Å². The summed E-state index contributed by atoms with van der Waals surface area (Å²) in [7, 11) is 1.76. The third-order valence-corrected chi connectivity index (χ3v) is 6.70. The predicted molar refractivity (Wildman–Crippen MR) is 121 cm³/mol. The zero-order valence-corrected chi connectivity index (χ0v) is 18.0. The molecule has 1 saturated heterocycles. The molecule has 0 saturated carbocycles. The van der Waals surface area contributed by atoms with Crippen molar-refractivity contribution in [2.45, 2.75) is 37.8 Å². The van der Waals surface area contributed by atoms with Crippen LogP contribution in [0.1, 0.15) is 35.6 Å². The number of nitrogens with one attached hydrogen (secondary N) is 2. The number of aromatic nitrogens is 1. The molecule has 7 heteroatoms. The number of benzene rings is 2. The topological polar surface area (TPSA) is 85.5 Å². The van der Waals surface area contributed by atoms with Crippen LogP contribution in [0.2, 0.25) is 0 Å². The minimum Gasteiger partial charge on any atom is -0.361 e. The maximum absolute atomic E-state index is 13.0. The molecule has 2 heterocycles. The number of amides is 4. The Kier molecular flexibility index (Phi) is 5.17. The lowest BCUT2D eigenvalue weighted by atomic mass is 9.87. The minimum absolute atomic E-state index is 0.0322. The highest BCUT2D eigenvalue weighted by molar-refractivity contribution is 6.06. The number of para-hydroxylation sites is 1. The molecule has 32 heavy (non-hydrogen) atoms. The molecule has 0 unspecified atom stereocenters. The highest BCUT2D eigenvalue weighted by Gasteiger charge is 2.40. The number of hydrogen-bond acceptors (Lipinski definition) is 3. The highest BCUT2D eigenvalue weighted by Crippen LogP contribution is 2.33. The lowest BCUT2D eigenvalue weighted by Gasteiger charge is -2.34. The van der Waals surface area contributed by atoms with Crippen molar-refractivity contribution < 1.29 is 14.4 Å². The average molecular weight is 431 g/mol. The Morgan fingerprint density at radius 2 is 1.91 bits per heavy atom. The number of aryl methyl sites for hydroxylation is 1. The number of aromatic amines is 1. The summed E-state index contributed by atoms with van der Waals surface area (Å²) in [5, 5.41) is 3.78. The first kappa shape index (κ1) is 20.3. The second-order valence-corrected chi connectivity index (χ2v) is 8.60. The van der Waals surface area contributed by atoms with E-state index in [1.54, 1.807) is 11.9 Å². The van der Waals surface area contributed by atoms with Crippen LogP contribution in [0.3, 0.4) is 0 Å². The zero-order valence-electron chi connectivity index (χ0n) is 18.0. The minimum atomic E-state index is -0.671. The Labute approximate surface area is 186 Å². The summed E-state index contributed by atoms with van der Waals surface area (Å²) in [4.78, 5) is 44.5. The van der Waals surface area contributed by atoms with E-state index in [1.807, 2.05) is 42.6 Å². The SMILES string of the molecule is CN(C(=O)CN1C(=O)N[C@@H](Cc2c[nH]c3ccccc23)C1=O)[C@@H]1CCCc2ccccc21. The molecular formula is C25H26N4O3. The van der Waals surface area contributed by atoms with Gasteiger partial charge in [-0.2, -0.15) is 0 Å². The number of likely N-dealkylation sites (N-methyl/N-ethyl adjacent to an activating group) is 1. The number of urea groups is 1. The molecule has 5 rings (SSSR count). The van der Waals surface area contributed by atoms with E-state index in [4.69, 9.17) is 0 Å². The summed E-state index contributed by atoms with van der Waals surface area (Å²) < 4.78 is 0. The fraction of sp³-hybridized carbons (Fsp3) is 0.320. The largest absolute Gasteiger partial charge is 0.361 e. The fourth-order valence-electron chi connectivity index (χ4n) is 4.94. The number of nitrogens with zero attached hydrogens (tertiary/aromatic N) is 2. The van der Waals surface area contributed by atoms with E-state index < -0.39 is 12.1 Å². The Morgan fingerprint density at radius 1 is 1.12 bits per heavy atom. The summed E-state index contributed by atoms with van der Waals surface area (Å²) >= 11 is 0. The van der Waals surface area contributed by atoms with Crippen molar-refractivity contribution in [1.82, 2.24) is 20.1 Å². The molecule has 1 aliphatic heterocycles. The van der Waals surface area contributed by atoms with Crippen molar-refractivity contribution in [3.63, 3.8) is 0 Å². The second kappa shape index (κ2) is 8.15. The Balaban J connectivity index is 1.28. The van der Waals surface area contributed by atoms with Gasteiger partial charge in [0.1, 0.15) is 12.6 Å². The Bertz CT molecular complexity index is 1200. The lowest BCUT2D eigenvalue weighted by Crippen LogP contribution is -2.43. The molecule has 2 N–H and O–H groups in total. The highest BCUT2D eigenvalue weighted by atomic mass is 16.2. The van der Waals surface area contributed by atoms with Gasteiger partial charge in [-0.3, -0.25) is 14.5 Å². The number of rotatable bonds is 5. The summed E-state index contributed by atoms with van der Waals surface area (Å²) in [5.41, 5.74) is 4.37. The summed E-state index contributed by atoms with van der Waals surface area (Å²) in [6.45, 7) is -0.246. The van der Waals surface area contributed by atoms with Crippen molar-refractivity contribution in [2.75, 3.05) is 13.6 Å². The van der Waals surface area contributed by atoms with Gasteiger partial charge in [-0.25, -0.2) is 4.79 Å². The van der Waals surface area contributed by atoms with Gasteiger partial charge in [-0.1, -0.05) is 42.5 Å². The summed E-state index contributed by atoms with van der Waals surface area (Å²) in [6, 6.07) is 14.8. The van der Waals surface area contributed by atoms with E-state index in [0.29, 0.717) is 6.42 Å². The molecular weight excluding hydrogens is 404 g/mol. The maximum atomic E-state index is 13.0. The lowest BCUT2D eigenvalue weighted by molar-refractivity contribution is -0.138. The van der Waals surface area contributed by atoms with Crippen LogP contribution in [0.15, 0.2) is 54.7 Å². The van der Waals surface area contributed by atoms with Crippen molar-refractivity contribution in [2.24, 2.45) is 0 Å². The van der Waals surface area contributed by atoms with Crippen LogP contribution in [-0.4, -0.2) is 52.3 Å². The first-order valence-corrected chi connectivity index (χ1v) is 11.0. The smallest absolute Gasteiger partial charge is 0.325 e. The Hall–Kier alpha value is -3.61. The third kappa shape index (κ3) is 3.53. The molecule has 0 spiro atoms. The van der Waals surface area contributed by atoms with E-state index in [-0.39, 0.29) is 24.4 Å². The van der Waals surface area contributed by atoms with Crippen molar-refractivity contribution in [1.29, 1.82) is 0 Å². The van der Waals surface area contributed by atoms with Crippen molar-refractivity contribution in [3.05, 3.63) is 71.4 Å². The van der Waals surface area contributed by atoms with Crippen LogP contribution in [-0.2, 0) is 22.4 Å². The molecule has 0 radical (unpaired) electrons. The standard InChI is InChI=1S/C25H26N4O3/c1-28(22-12-6-8-16-7-2-3-10-19(16)22)23(30)15-29-24(31)21(27-25(29)32)13-17-14-26-20-11-5-4-9-18(17)20/h2-5,7,9-11,14,21-22,26H,6,8,12-13,15H2,1H3,(H,27,32)/t21-,22+/m0/s1. The van der Waals surface area contributed by atoms with Gasteiger partial charge in [0.05, 0.1) is 6.04 Å². The number of H-pyrrole nitrogens is 1. The number of fused-ring (bicyclic) bond motifs is 2. The first-order valence-electron chi connectivity index (χ1n) is 11.0. The fourth-order valence-corrected chi connectivity index (χ4v) is 4.94. The number of imide groups is 1. The van der Waals surface area contributed by atoms with Gasteiger partial charge in [-0.15, -0.1) is 0 Å². The monoisotopic (exact) mass is 430 g/mol. The van der Waals surface area contributed by atoms with Gasteiger partial charge in [0.2, 0.25) is 5.91 Å². The molecule has 2 aliphatic rings. The molecule has 2 aromatic carbocycles. The molecule has 7 nitrogen and oxygen atoms in total. The van der Waals surface area contributed by atoms with Gasteiger partial charge in [0, 0.05) is 30.6 Å². The molecule has 1 aliphatic carbocycles. The predicted octanol–water partition coefficient (Wildman–Crippen LogP) is 3.17. The summed E-state index contributed by atoms with van der Waals surface area (Å²) in [6.07, 6.45) is 5.15. The molecule has 3 aromatic rings. The van der Waals surface area contributed by atoms with Crippen LogP contribution < -0.4 is 5.32 Å². The van der Waals surface area contributed by atoms with Crippen LogP contribution in [0.4, 0.5) is 4.79 Å². The molecule has 2 atom stereocenters. The van der Waals surface area contributed by atoms with Crippen molar-refractivity contribution in [3.8, 4) is 0 Å². The molecule has 4 amide bonds. The number of hydrogen-bond donors (Lipinski definition) is 2. The quantitative estimate of drug-likeness (QED) is 0.610. The van der Waals surface area contributed by atoms with Gasteiger partial charge in [-0.05, 0) is 42.0 Å². The van der Waals surface area contributed by atoms with Gasteiger partial charge in [0.25, 0.3) is 5.91 Å². The van der Waals surface area contributed by atoms with Crippen LogP contribution in [0, 0.1) is 0 Å². The number of carbonyl (C=O) groups excluding carboxylic acids is 3. The zero-order chi connectivity index (χ0) is 22.2. The third-order valence-electron chi connectivity index (χ3n) is 6.70. The van der Waals surface area contributed by atoms with Gasteiger partial charge >= 0.3 is 6.03 Å². The van der Waals surface area contributed by atoms with Gasteiger partial charge < -0.3 is 15.2 Å². The van der Waals surface area contributed by atoms with E-state index in [9.17, 15) is 14.4 Å². The second-order valence-electron chi connectivity index (χ2n) is 8.60. The molecule has 0 bridgehead atoms. The maximum Gasteiger partial charge on any atom is 0.325 e. The van der Waals surface area contributed by atoms with Crippen LogP contribution in [0.5, 0.6) is 0 Å². The van der Waals surface area contributed by atoms with Crippen LogP contribution >= 0.6 is 0 Å². The first-order chi connectivity index (χ1) is 15.5. The Morgan fingerprint density at radius 3 is 2.78 bits per heavy atom.